The molecule has 0 radical (unpaired) electrons. The number of nitrogens with one attached hydrogen (secondary N) is 1. The summed E-state index contributed by atoms with van der Waals surface area (Å²) < 4.78 is 27.7. The highest BCUT2D eigenvalue weighted by molar-refractivity contribution is 7.89. The number of hydrogen-bond acceptors (Lipinski definition) is 4. The van der Waals surface area contributed by atoms with Crippen molar-refractivity contribution < 1.29 is 8.42 Å². The number of rotatable bonds is 4. The van der Waals surface area contributed by atoms with E-state index >= 15 is 0 Å². The summed E-state index contributed by atoms with van der Waals surface area (Å²) in [6, 6.07) is 10.7. The third kappa shape index (κ3) is 3.29. The van der Waals surface area contributed by atoms with E-state index in [0.29, 0.717) is 24.5 Å². The molecule has 122 valence electrons. The molecule has 2 heterocycles. The van der Waals surface area contributed by atoms with Crippen LogP contribution >= 0.6 is 0 Å². The van der Waals surface area contributed by atoms with Crippen molar-refractivity contribution in [2.24, 2.45) is 0 Å². The second-order valence-electron chi connectivity index (χ2n) is 5.62. The topological polar surface area (TPSA) is 62.3 Å². The molecule has 0 spiro atoms. The summed E-state index contributed by atoms with van der Waals surface area (Å²) in [6.07, 6.45) is 4.33. The molecule has 23 heavy (non-hydrogen) atoms. The zero-order valence-electron chi connectivity index (χ0n) is 13.1. The molecule has 6 heteroatoms. The van der Waals surface area contributed by atoms with Crippen molar-refractivity contribution in [2.45, 2.75) is 24.3 Å². The Morgan fingerprint density at radius 1 is 1.26 bits per heavy atom. The van der Waals surface area contributed by atoms with Gasteiger partial charge in [-0.05, 0) is 35.7 Å². The van der Waals surface area contributed by atoms with Crippen molar-refractivity contribution in [3.8, 4) is 0 Å². The molecule has 1 aromatic heterocycles. The molecule has 0 amide bonds. The van der Waals surface area contributed by atoms with Crippen LogP contribution in [0, 0.1) is 0 Å². The molecular formula is C17H21N3O2S. The summed E-state index contributed by atoms with van der Waals surface area (Å²) >= 11 is 0. The Morgan fingerprint density at radius 2 is 2.04 bits per heavy atom. The van der Waals surface area contributed by atoms with Gasteiger partial charge in [0.1, 0.15) is 0 Å². The zero-order chi connectivity index (χ0) is 16.3. The number of piperazine rings is 1. The SMILES string of the molecule is CCc1ccc(S(=O)(=O)N2CCNCC2c2cccnc2)cc1. The highest BCUT2D eigenvalue weighted by atomic mass is 32.2. The fourth-order valence-corrected chi connectivity index (χ4v) is 4.48. The number of benzene rings is 1. The van der Waals surface area contributed by atoms with Gasteiger partial charge in [-0.2, -0.15) is 4.31 Å². The lowest BCUT2D eigenvalue weighted by Crippen LogP contribution is -2.48. The first-order valence-electron chi connectivity index (χ1n) is 7.84. The molecule has 1 aromatic carbocycles. The van der Waals surface area contributed by atoms with Crippen LogP contribution in [0.4, 0.5) is 0 Å². The average molecular weight is 331 g/mol. The normalized spacial score (nSPS) is 19.6. The fourth-order valence-electron chi connectivity index (χ4n) is 2.86. The minimum absolute atomic E-state index is 0.228. The zero-order valence-corrected chi connectivity index (χ0v) is 14.0. The van der Waals surface area contributed by atoms with Crippen LogP contribution < -0.4 is 5.32 Å². The monoisotopic (exact) mass is 331 g/mol. The number of aryl methyl sites for hydroxylation is 1. The Labute approximate surface area is 137 Å². The van der Waals surface area contributed by atoms with Crippen molar-refractivity contribution in [1.29, 1.82) is 0 Å². The van der Waals surface area contributed by atoms with E-state index in [0.717, 1.165) is 17.5 Å². The van der Waals surface area contributed by atoms with Crippen LogP contribution in [0.2, 0.25) is 0 Å². The summed E-state index contributed by atoms with van der Waals surface area (Å²) in [5.41, 5.74) is 2.04. The minimum Gasteiger partial charge on any atom is -0.313 e. The molecule has 5 nitrogen and oxygen atoms in total. The first-order chi connectivity index (χ1) is 11.1. The first-order valence-corrected chi connectivity index (χ1v) is 9.28. The van der Waals surface area contributed by atoms with Gasteiger partial charge in [0.2, 0.25) is 10.0 Å². The third-order valence-electron chi connectivity index (χ3n) is 4.20. The molecule has 1 fully saturated rings. The lowest BCUT2D eigenvalue weighted by atomic mass is 10.1. The van der Waals surface area contributed by atoms with Crippen LogP contribution in [0.1, 0.15) is 24.1 Å². The Hall–Kier alpha value is -1.76. The van der Waals surface area contributed by atoms with Gasteiger partial charge in [0.05, 0.1) is 10.9 Å². The Bertz CT molecular complexity index is 745. The summed E-state index contributed by atoms with van der Waals surface area (Å²) in [4.78, 5) is 4.47. The van der Waals surface area contributed by atoms with Crippen LogP contribution in [-0.4, -0.2) is 37.3 Å². The van der Waals surface area contributed by atoms with Crippen LogP contribution in [0.15, 0.2) is 53.7 Å². The molecule has 0 bridgehead atoms. The first kappa shape index (κ1) is 16.1. The predicted octanol–water partition coefficient (Wildman–Crippen LogP) is 1.98. The summed E-state index contributed by atoms with van der Waals surface area (Å²) in [5, 5.41) is 3.27. The summed E-state index contributed by atoms with van der Waals surface area (Å²) in [7, 11) is -3.52. The summed E-state index contributed by atoms with van der Waals surface area (Å²) in [6.45, 7) is 3.76. The Balaban J connectivity index is 1.95. The molecule has 1 unspecified atom stereocenters. The van der Waals surface area contributed by atoms with Gasteiger partial charge >= 0.3 is 0 Å². The quantitative estimate of drug-likeness (QED) is 0.930. The van der Waals surface area contributed by atoms with E-state index in [2.05, 4.69) is 17.2 Å². The molecule has 1 aliphatic rings. The highest BCUT2D eigenvalue weighted by Crippen LogP contribution is 2.28. The van der Waals surface area contributed by atoms with Crippen LogP contribution in [0.3, 0.4) is 0 Å². The molecule has 3 rings (SSSR count). The lowest BCUT2D eigenvalue weighted by Gasteiger charge is -2.35. The van der Waals surface area contributed by atoms with Gasteiger partial charge in [-0.3, -0.25) is 4.98 Å². The number of nitrogens with zero attached hydrogens (tertiary/aromatic N) is 2. The lowest BCUT2D eigenvalue weighted by molar-refractivity contribution is 0.271. The number of pyridine rings is 1. The number of hydrogen-bond donors (Lipinski definition) is 1. The molecular weight excluding hydrogens is 310 g/mol. The smallest absolute Gasteiger partial charge is 0.243 e. The maximum Gasteiger partial charge on any atom is 0.243 e. The third-order valence-corrected chi connectivity index (χ3v) is 6.12. The molecule has 2 aromatic rings. The molecule has 0 saturated carbocycles. The molecule has 0 aliphatic carbocycles. The van der Waals surface area contributed by atoms with Gasteiger partial charge in [0, 0.05) is 32.0 Å². The van der Waals surface area contributed by atoms with Gasteiger partial charge in [-0.25, -0.2) is 8.42 Å². The standard InChI is InChI=1S/C17H21N3O2S/c1-2-14-5-7-16(8-6-14)23(21,22)20-11-10-19-13-17(20)15-4-3-9-18-12-15/h3-9,12,17,19H,2,10-11,13H2,1H3. The van der Waals surface area contributed by atoms with Crippen LogP contribution in [0.25, 0.3) is 0 Å². The van der Waals surface area contributed by atoms with E-state index in [1.165, 1.54) is 0 Å². The van der Waals surface area contributed by atoms with Crippen LogP contribution in [0.5, 0.6) is 0 Å². The van der Waals surface area contributed by atoms with Gasteiger partial charge in [0.25, 0.3) is 0 Å². The number of sulfonamides is 1. The van der Waals surface area contributed by atoms with Crippen molar-refractivity contribution in [2.75, 3.05) is 19.6 Å². The maximum absolute atomic E-state index is 13.0. The Kier molecular flexibility index (Phi) is 4.75. The average Bonchev–Trinajstić information content (AvgIpc) is 2.62. The van der Waals surface area contributed by atoms with Crippen molar-refractivity contribution in [3.63, 3.8) is 0 Å². The molecule has 1 atom stereocenters. The van der Waals surface area contributed by atoms with Crippen molar-refractivity contribution in [3.05, 3.63) is 59.9 Å². The van der Waals surface area contributed by atoms with Gasteiger partial charge in [0.15, 0.2) is 0 Å². The van der Waals surface area contributed by atoms with Gasteiger partial charge in [-0.1, -0.05) is 25.1 Å². The largest absolute Gasteiger partial charge is 0.313 e. The van der Waals surface area contributed by atoms with Crippen molar-refractivity contribution >= 4 is 10.0 Å². The molecule has 1 N–H and O–H groups in total. The highest BCUT2D eigenvalue weighted by Gasteiger charge is 2.34. The minimum atomic E-state index is -3.52. The predicted molar refractivity (Wildman–Crippen MR) is 89.6 cm³/mol. The summed E-state index contributed by atoms with van der Waals surface area (Å²) in [5.74, 6) is 0. The van der Waals surface area contributed by atoms with E-state index in [1.54, 1.807) is 28.8 Å². The Morgan fingerprint density at radius 3 is 2.70 bits per heavy atom. The molecule has 1 aliphatic heterocycles. The number of aromatic nitrogens is 1. The molecule has 1 saturated heterocycles. The van der Waals surface area contributed by atoms with Crippen LogP contribution in [-0.2, 0) is 16.4 Å². The van der Waals surface area contributed by atoms with E-state index in [4.69, 9.17) is 0 Å². The second-order valence-corrected chi connectivity index (χ2v) is 7.51. The van der Waals surface area contributed by atoms with E-state index in [-0.39, 0.29) is 6.04 Å². The van der Waals surface area contributed by atoms with Crippen molar-refractivity contribution in [1.82, 2.24) is 14.6 Å². The maximum atomic E-state index is 13.0. The van der Waals surface area contributed by atoms with Gasteiger partial charge in [-0.15, -0.1) is 0 Å². The second kappa shape index (κ2) is 6.78. The fraction of sp³-hybridized carbons (Fsp3) is 0.353. The van der Waals surface area contributed by atoms with E-state index < -0.39 is 10.0 Å². The van der Waals surface area contributed by atoms with E-state index in [1.807, 2.05) is 24.3 Å². The van der Waals surface area contributed by atoms with Gasteiger partial charge < -0.3 is 5.32 Å². The van der Waals surface area contributed by atoms with E-state index in [9.17, 15) is 8.42 Å².